The summed E-state index contributed by atoms with van der Waals surface area (Å²) in [6, 6.07) is 12.8. The second-order valence-corrected chi connectivity index (χ2v) is 4.06. The smallest absolute Gasteiger partial charge is 0.290 e. The molecule has 0 atom stereocenters. The quantitative estimate of drug-likeness (QED) is 0.617. The van der Waals surface area contributed by atoms with Gasteiger partial charge >= 0.3 is 0 Å². The van der Waals surface area contributed by atoms with Gasteiger partial charge in [0.25, 0.3) is 5.69 Å². The van der Waals surface area contributed by atoms with E-state index in [-0.39, 0.29) is 17.0 Å². The molecule has 6 heteroatoms. The lowest BCUT2D eigenvalue weighted by Gasteiger charge is -2.08. The van der Waals surface area contributed by atoms with Gasteiger partial charge in [-0.2, -0.15) is 5.26 Å². The first-order valence-electron chi connectivity index (χ1n) is 6.23. The molecular formula is C15H12N2O4. The van der Waals surface area contributed by atoms with E-state index in [0.29, 0.717) is 18.1 Å². The van der Waals surface area contributed by atoms with Crippen LogP contribution < -0.4 is 9.47 Å². The van der Waals surface area contributed by atoms with Gasteiger partial charge in [0.05, 0.1) is 17.6 Å². The van der Waals surface area contributed by atoms with Gasteiger partial charge in [0.1, 0.15) is 28.9 Å². The SMILES string of the molecule is CCOc1cccc(Oc2ccc(C#N)c([N+](=O)[O-])c2)c1. The van der Waals surface area contributed by atoms with E-state index in [1.165, 1.54) is 18.2 Å². The molecule has 0 radical (unpaired) electrons. The predicted molar refractivity (Wildman–Crippen MR) is 75.5 cm³/mol. The van der Waals surface area contributed by atoms with E-state index >= 15 is 0 Å². The monoisotopic (exact) mass is 284 g/mol. The van der Waals surface area contributed by atoms with E-state index in [1.54, 1.807) is 30.3 Å². The third-order valence-electron chi connectivity index (χ3n) is 2.64. The topological polar surface area (TPSA) is 85.4 Å². The van der Waals surface area contributed by atoms with Crippen LogP contribution >= 0.6 is 0 Å². The van der Waals surface area contributed by atoms with Gasteiger partial charge in [-0.15, -0.1) is 0 Å². The maximum absolute atomic E-state index is 10.9. The highest BCUT2D eigenvalue weighted by Crippen LogP contribution is 2.29. The van der Waals surface area contributed by atoms with Gasteiger partial charge in [-0.1, -0.05) is 6.07 Å². The number of nitrogens with zero attached hydrogens (tertiary/aromatic N) is 2. The molecule has 0 saturated heterocycles. The van der Waals surface area contributed by atoms with Crippen LogP contribution in [0.25, 0.3) is 0 Å². The van der Waals surface area contributed by atoms with Crippen LogP contribution in [-0.4, -0.2) is 11.5 Å². The molecule has 0 fully saturated rings. The van der Waals surface area contributed by atoms with Crippen molar-refractivity contribution in [2.75, 3.05) is 6.61 Å². The molecule has 106 valence electrons. The molecule has 0 aliphatic heterocycles. The molecule has 0 saturated carbocycles. The summed E-state index contributed by atoms with van der Waals surface area (Å²) >= 11 is 0. The van der Waals surface area contributed by atoms with E-state index < -0.39 is 4.92 Å². The van der Waals surface area contributed by atoms with Gasteiger partial charge in [0.2, 0.25) is 0 Å². The largest absolute Gasteiger partial charge is 0.494 e. The van der Waals surface area contributed by atoms with Crippen molar-refractivity contribution in [1.29, 1.82) is 5.26 Å². The summed E-state index contributed by atoms with van der Waals surface area (Å²) in [6.07, 6.45) is 0. The van der Waals surface area contributed by atoms with Crippen LogP contribution in [-0.2, 0) is 0 Å². The maximum atomic E-state index is 10.9. The zero-order valence-electron chi connectivity index (χ0n) is 11.3. The Morgan fingerprint density at radius 1 is 1.19 bits per heavy atom. The van der Waals surface area contributed by atoms with Crippen molar-refractivity contribution in [3.8, 4) is 23.3 Å². The van der Waals surface area contributed by atoms with Crippen molar-refractivity contribution in [3.05, 3.63) is 58.1 Å². The third kappa shape index (κ3) is 3.48. The summed E-state index contributed by atoms with van der Waals surface area (Å²) in [5.41, 5.74) is -0.286. The van der Waals surface area contributed by atoms with E-state index in [2.05, 4.69) is 0 Å². The highest BCUT2D eigenvalue weighted by Gasteiger charge is 2.15. The Hall–Kier alpha value is -3.07. The van der Waals surface area contributed by atoms with Crippen LogP contribution in [0.5, 0.6) is 17.2 Å². The van der Waals surface area contributed by atoms with Gasteiger partial charge in [-0.3, -0.25) is 10.1 Å². The van der Waals surface area contributed by atoms with Crippen LogP contribution in [0.3, 0.4) is 0 Å². The molecular weight excluding hydrogens is 272 g/mol. The van der Waals surface area contributed by atoms with E-state index in [1.807, 2.05) is 6.92 Å². The van der Waals surface area contributed by atoms with Crippen LogP contribution in [0.15, 0.2) is 42.5 Å². The van der Waals surface area contributed by atoms with Crippen LogP contribution in [0, 0.1) is 21.4 Å². The third-order valence-corrected chi connectivity index (χ3v) is 2.64. The summed E-state index contributed by atoms with van der Waals surface area (Å²) < 4.78 is 10.9. The minimum absolute atomic E-state index is 0.00424. The average molecular weight is 284 g/mol. The number of rotatable bonds is 5. The van der Waals surface area contributed by atoms with Crippen molar-refractivity contribution < 1.29 is 14.4 Å². The summed E-state index contributed by atoms with van der Waals surface area (Å²) in [5, 5.41) is 19.7. The lowest BCUT2D eigenvalue weighted by molar-refractivity contribution is -0.385. The number of ether oxygens (including phenoxy) is 2. The maximum Gasteiger partial charge on any atom is 0.290 e. The first-order chi connectivity index (χ1) is 10.1. The second-order valence-electron chi connectivity index (χ2n) is 4.06. The van der Waals surface area contributed by atoms with Gasteiger partial charge in [-0.25, -0.2) is 0 Å². The van der Waals surface area contributed by atoms with Crippen molar-refractivity contribution >= 4 is 5.69 Å². The molecule has 0 N–H and O–H groups in total. The number of benzene rings is 2. The molecule has 0 heterocycles. The molecule has 0 aliphatic rings. The highest BCUT2D eigenvalue weighted by molar-refractivity contribution is 5.53. The fourth-order valence-corrected chi connectivity index (χ4v) is 1.75. The molecule has 2 rings (SSSR count). The van der Waals surface area contributed by atoms with Gasteiger partial charge in [-0.05, 0) is 31.2 Å². The van der Waals surface area contributed by atoms with Gasteiger partial charge in [0, 0.05) is 6.07 Å². The molecule has 6 nitrogen and oxygen atoms in total. The van der Waals surface area contributed by atoms with Crippen molar-refractivity contribution in [2.45, 2.75) is 6.92 Å². The van der Waals surface area contributed by atoms with E-state index in [0.717, 1.165) is 0 Å². The summed E-state index contributed by atoms with van der Waals surface area (Å²) in [5.74, 6) is 1.44. The Labute approximate surface area is 121 Å². The van der Waals surface area contributed by atoms with Crippen LogP contribution in [0.2, 0.25) is 0 Å². The highest BCUT2D eigenvalue weighted by atomic mass is 16.6. The van der Waals surface area contributed by atoms with E-state index in [4.69, 9.17) is 14.7 Å². The molecule has 0 bridgehead atoms. The van der Waals surface area contributed by atoms with Crippen molar-refractivity contribution in [3.63, 3.8) is 0 Å². The second kappa shape index (κ2) is 6.39. The Kier molecular flexibility index (Phi) is 4.36. The summed E-state index contributed by atoms with van der Waals surface area (Å²) in [6.45, 7) is 2.41. The Morgan fingerprint density at radius 3 is 2.57 bits per heavy atom. The number of nitriles is 1. The lowest BCUT2D eigenvalue weighted by atomic mass is 10.2. The average Bonchev–Trinajstić information content (AvgIpc) is 2.48. The molecule has 0 aromatic heterocycles. The van der Waals surface area contributed by atoms with E-state index in [9.17, 15) is 10.1 Å². The predicted octanol–water partition coefficient (Wildman–Crippen LogP) is 3.66. The zero-order chi connectivity index (χ0) is 15.2. The van der Waals surface area contributed by atoms with Gasteiger partial charge < -0.3 is 9.47 Å². The summed E-state index contributed by atoms with van der Waals surface area (Å²) in [4.78, 5) is 10.3. The Morgan fingerprint density at radius 2 is 1.90 bits per heavy atom. The molecule has 2 aromatic carbocycles. The first kappa shape index (κ1) is 14.3. The van der Waals surface area contributed by atoms with Gasteiger partial charge in [0.15, 0.2) is 0 Å². The Balaban J connectivity index is 2.28. The minimum atomic E-state index is -0.609. The normalized spacial score (nSPS) is 9.71. The number of nitro groups is 1. The standard InChI is InChI=1S/C15H12N2O4/c1-2-20-12-4-3-5-13(8-12)21-14-7-6-11(10-16)15(9-14)17(18)19/h3-9H,2H2,1H3. The van der Waals surface area contributed by atoms with Crippen LogP contribution in [0.1, 0.15) is 12.5 Å². The molecule has 0 amide bonds. The minimum Gasteiger partial charge on any atom is -0.494 e. The zero-order valence-corrected chi connectivity index (χ0v) is 11.3. The molecule has 0 aliphatic carbocycles. The first-order valence-corrected chi connectivity index (χ1v) is 6.23. The molecule has 0 spiro atoms. The van der Waals surface area contributed by atoms with Crippen molar-refractivity contribution in [2.24, 2.45) is 0 Å². The number of hydrogen-bond acceptors (Lipinski definition) is 5. The lowest BCUT2D eigenvalue weighted by Crippen LogP contribution is -1.94. The number of hydrogen-bond donors (Lipinski definition) is 0. The molecule has 21 heavy (non-hydrogen) atoms. The Bertz CT molecular complexity index is 707. The molecule has 2 aromatic rings. The summed E-state index contributed by atoms with van der Waals surface area (Å²) in [7, 11) is 0. The molecule has 0 unspecified atom stereocenters. The fraction of sp³-hybridized carbons (Fsp3) is 0.133. The van der Waals surface area contributed by atoms with Crippen LogP contribution in [0.4, 0.5) is 5.69 Å². The number of nitro benzene ring substituents is 1. The fourth-order valence-electron chi connectivity index (χ4n) is 1.75. The van der Waals surface area contributed by atoms with Crippen molar-refractivity contribution in [1.82, 2.24) is 0 Å².